The van der Waals surface area contributed by atoms with Crippen molar-refractivity contribution in [2.24, 2.45) is 5.92 Å². The maximum Gasteiger partial charge on any atom is 0.361 e. The molecule has 3 saturated heterocycles. The quantitative estimate of drug-likeness (QED) is 0.608. The number of carbonyl (C=O) groups is 1. The van der Waals surface area contributed by atoms with Crippen LogP contribution < -0.4 is 9.80 Å². The van der Waals surface area contributed by atoms with Gasteiger partial charge < -0.3 is 19.3 Å². The second-order valence-corrected chi connectivity index (χ2v) is 6.88. The van der Waals surface area contributed by atoms with E-state index in [9.17, 15) is 4.79 Å². The van der Waals surface area contributed by atoms with Crippen molar-refractivity contribution in [3.63, 3.8) is 0 Å². The summed E-state index contributed by atoms with van der Waals surface area (Å²) in [7, 11) is 0. The highest BCUT2D eigenvalue weighted by molar-refractivity contribution is 5.70. The fourth-order valence-corrected chi connectivity index (χ4v) is 4.27. The van der Waals surface area contributed by atoms with Crippen LogP contribution in [0.25, 0.3) is 0 Å². The van der Waals surface area contributed by atoms with Crippen molar-refractivity contribution in [3.05, 3.63) is 0 Å². The second kappa shape index (κ2) is 7.56. The Balaban J connectivity index is 1.42. The van der Waals surface area contributed by atoms with E-state index >= 15 is 0 Å². The number of carbonyl (C=O) groups excluding carboxylic acids is 1. The van der Waals surface area contributed by atoms with E-state index < -0.39 is 0 Å². The first-order valence-electron chi connectivity index (χ1n) is 8.74. The molecule has 120 valence electrons. The first-order valence-corrected chi connectivity index (χ1v) is 8.74. The Hall–Kier alpha value is -0.650. The molecule has 0 aromatic rings. The normalized spacial score (nSPS) is 34.2. The Bertz CT molecular complexity index is 342. The molecule has 5 nitrogen and oxygen atoms in total. The van der Waals surface area contributed by atoms with Gasteiger partial charge in [-0.25, -0.2) is 4.79 Å². The molecule has 3 aliphatic rings. The maximum atomic E-state index is 12.0. The minimum absolute atomic E-state index is 0.0187. The van der Waals surface area contributed by atoms with E-state index in [1.54, 1.807) is 4.90 Å². The van der Waals surface area contributed by atoms with Crippen molar-refractivity contribution < 1.29 is 24.1 Å². The Kier molecular flexibility index (Phi) is 5.49. The van der Waals surface area contributed by atoms with Crippen molar-refractivity contribution in [2.75, 3.05) is 52.5 Å². The monoisotopic (exact) mass is 298 g/mol. The van der Waals surface area contributed by atoms with E-state index in [1.807, 2.05) is 0 Å². The largest absolute Gasteiger partial charge is 0.461 e. The molecule has 0 aliphatic carbocycles. The van der Waals surface area contributed by atoms with E-state index in [4.69, 9.17) is 9.47 Å². The van der Waals surface area contributed by atoms with Crippen LogP contribution in [0.1, 0.15) is 32.1 Å². The smallest absolute Gasteiger partial charge is 0.361 e. The number of quaternary nitrogens is 2. The number of rotatable bonds is 4. The van der Waals surface area contributed by atoms with Crippen LogP contribution in [0.15, 0.2) is 0 Å². The third-order valence-corrected chi connectivity index (χ3v) is 5.48. The van der Waals surface area contributed by atoms with Crippen LogP contribution in [0.3, 0.4) is 0 Å². The summed E-state index contributed by atoms with van der Waals surface area (Å²) in [6, 6.07) is 0.746. The summed E-state index contributed by atoms with van der Waals surface area (Å²) in [4.78, 5) is 15.1. The number of nitrogens with one attached hydrogen (secondary N) is 2. The number of esters is 1. The van der Waals surface area contributed by atoms with Gasteiger partial charge in [0.25, 0.3) is 0 Å². The van der Waals surface area contributed by atoms with Gasteiger partial charge in [-0.15, -0.1) is 0 Å². The average Bonchev–Trinajstić information content (AvgIpc) is 2.54. The van der Waals surface area contributed by atoms with Crippen LogP contribution in [0.4, 0.5) is 0 Å². The number of morpholine rings is 1. The van der Waals surface area contributed by atoms with Crippen LogP contribution in [-0.4, -0.2) is 64.6 Å². The molecular weight excluding hydrogens is 268 g/mol. The van der Waals surface area contributed by atoms with Gasteiger partial charge >= 0.3 is 5.97 Å². The van der Waals surface area contributed by atoms with Crippen molar-refractivity contribution in [1.82, 2.24) is 0 Å². The predicted octanol–water partition coefficient (Wildman–Crippen LogP) is -1.71. The standard InChI is InChI=1S/C16H28N2O3/c19-16(12-17-8-10-20-11-9-17)21-13-14-4-3-7-18-6-2-1-5-15(14)18/h14-15H,1-13H2/p+2/t14-,15+/m1/s1. The fourth-order valence-electron chi connectivity index (χ4n) is 4.27. The Morgan fingerprint density at radius 1 is 1.05 bits per heavy atom. The lowest BCUT2D eigenvalue weighted by molar-refractivity contribution is -0.940. The third-order valence-electron chi connectivity index (χ3n) is 5.48. The van der Waals surface area contributed by atoms with E-state index in [0.717, 1.165) is 32.3 Å². The van der Waals surface area contributed by atoms with Gasteiger partial charge in [-0.2, -0.15) is 0 Å². The fraction of sp³-hybridized carbons (Fsp3) is 0.938. The van der Waals surface area contributed by atoms with Gasteiger partial charge in [-0.05, 0) is 32.1 Å². The van der Waals surface area contributed by atoms with Crippen molar-refractivity contribution in [3.8, 4) is 0 Å². The first-order chi connectivity index (χ1) is 10.3. The molecular formula is C16H30N2O3+2. The molecule has 0 aromatic carbocycles. The van der Waals surface area contributed by atoms with E-state index in [1.165, 1.54) is 50.1 Å². The summed E-state index contributed by atoms with van der Waals surface area (Å²) < 4.78 is 10.9. The van der Waals surface area contributed by atoms with Gasteiger partial charge in [0.15, 0.2) is 6.54 Å². The van der Waals surface area contributed by atoms with Crippen molar-refractivity contribution in [1.29, 1.82) is 0 Å². The summed E-state index contributed by atoms with van der Waals surface area (Å²) >= 11 is 0. The van der Waals surface area contributed by atoms with Crippen LogP contribution in [0, 0.1) is 5.92 Å². The lowest BCUT2D eigenvalue weighted by atomic mass is 9.84. The van der Waals surface area contributed by atoms with Crippen LogP contribution in [-0.2, 0) is 14.3 Å². The Labute approximate surface area is 127 Å². The molecule has 3 rings (SSSR count). The highest BCUT2D eigenvalue weighted by Gasteiger charge is 2.37. The molecule has 3 aliphatic heterocycles. The number of ether oxygens (including phenoxy) is 2. The van der Waals surface area contributed by atoms with Crippen LogP contribution >= 0.6 is 0 Å². The summed E-state index contributed by atoms with van der Waals surface area (Å²) in [6.07, 6.45) is 6.59. The molecule has 0 aromatic heterocycles. The van der Waals surface area contributed by atoms with E-state index in [-0.39, 0.29) is 5.97 Å². The zero-order valence-corrected chi connectivity index (χ0v) is 13.1. The van der Waals surface area contributed by atoms with Crippen LogP contribution in [0.2, 0.25) is 0 Å². The molecule has 3 atom stereocenters. The Morgan fingerprint density at radius 2 is 1.86 bits per heavy atom. The zero-order chi connectivity index (χ0) is 14.5. The lowest BCUT2D eigenvalue weighted by Gasteiger charge is -2.41. The molecule has 2 N–H and O–H groups in total. The van der Waals surface area contributed by atoms with Crippen molar-refractivity contribution in [2.45, 2.75) is 38.1 Å². The third kappa shape index (κ3) is 4.18. The topological polar surface area (TPSA) is 44.4 Å². The molecule has 3 fully saturated rings. The van der Waals surface area contributed by atoms with Crippen LogP contribution in [0.5, 0.6) is 0 Å². The molecule has 1 unspecified atom stereocenters. The van der Waals surface area contributed by atoms with Gasteiger partial charge in [-0.3, -0.25) is 0 Å². The van der Waals surface area contributed by atoms with E-state index in [2.05, 4.69) is 0 Å². The lowest BCUT2D eigenvalue weighted by Crippen LogP contribution is -3.18. The molecule has 0 radical (unpaired) electrons. The van der Waals surface area contributed by atoms with E-state index in [0.29, 0.717) is 19.1 Å². The number of hydrogen-bond donors (Lipinski definition) is 2. The molecule has 0 bridgehead atoms. The second-order valence-electron chi connectivity index (χ2n) is 6.88. The van der Waals surface area contributed by atoms with Gasteiger partial charge in [0, 0.05) is 5.92 Å². The number of piperidine rings is 2. The first kappa shape index (κ1) is 15.3. The zero-order valence-electron chi connectivity index (χ0n) is 13.1. The summed E-state index contributed by atoms with van der Waals surface area (Å²) in [5, 5.41) is 0. The predicted molar refractivity (Wildman–Crippen MR) is 78.4 cm³/mol. The van der Waals surface area contributed by atoms with Gasteiger partial charge in [0.2, 0.25) is 0 Å². The molecule has 5 heteroatoms. The summed E-state index contributed by atoms with van der Waals surface area (Å²) in [5.74, 6) is 0.576. The van der Waals surface area contributed by atoms with Gasteiger partial charge in [0.05, 0.1) is 39.0 Å². The van der Waals surface area contributed by atoms with Crippen molar-refractivity contribution >= 4 is 5.97 Å². The SMILES string of the molecule is O=C(C[NH+]1CCOCC1)OC[C@H]1CCC[NH+]2CCCC[C@@H]12. The highest BCUT2D eigenvalue weighted by Crippen LogP contribution is 2.20. The molecule has 0 saturated carbocycles. The minimum Gasteiger partial charge on any atom is -0.461 e. The molecule has 3 heterocycles. The Morgan fingerprint density at radius 3 is 2.71 bits per heavy atom. The highest BCUT2D eigenvalue weighted by atomic mass is 16.5. The minimum atomic E-state index is -0.0187. The summed E-state index contributed by atoms with van der Waals surface area (Å²) in [6.45, 7) is 7.21. The summed E-state index contributed by atoms with van der Waals surface area (Å²) in [5.41, 5.74) is 0. The van der Waals surface area contributed by atoms with Gasteiger partial charge in [0.1, 0.15) is 13.1 Å². The van der Waals surface area contributed by atoms with Gasteiger partial charge in [-0.1, -0.05) is 0 Å². The maximum absolute atomic E-state index is 12.0. The molecule has 0 spiro atoms. The number of hydrogen-bond acceptors (Lipinski definition) is 3. The number of fused-ring (bicyclic) bond motifs is 1. The molecule has 21 heavy (non-hydrogen) atoms. The average molecular weight is 298 g/mol. The molecule has 0 amide bonds.